The predicted octanol–water partition coefficient (Wildman–Crippen LogP) is 3.92. The molecule has 20 heavy (non-hydrogen) atoms. The maximum absolute atomic E-state index is 4.52. The highest BCUT2D eigenvalue weighted by atomic mass is 14.9. The third-order valence-electron chi connectivity index (χ3n) is 4.56. The standard InChI is InChI=1S/C18H30N2/c1-14(2)12-19-13-16-8-7-15(3)10-17(16)11-18-6-4-5-9-20-18/h4-6,9,14-17,19H,7-8,10-13H2,1-3H3. The van der Waals surface area contributed by atoms with Gasteiger partial charge >= 0.3 is 0 Å². The third-order valence-corrected chi connectivity index (χ3v) is 4.56. The molecule has 3 atom stereocenters. The number of nitrogens with one attached hydrogen (secondary N) is 1. The van der Waals surface area contributed by atoms with E-state index in [0.717, 1.165) is 36.6 Å². The van der Waals surface area contributed by atoms with Crippen LogP contribution in [0.5, 0.6) is 0 Å². The third kappa shape index (κ3) is 4.90. The summed E-state index contributed by atoms with van der Waals surface area (Å²) in [4.78, 5) is 4.52. The molecule has 2 nitrogen and oxygen atoms in total. The first-order valence-electron chi connectivity index (χ1n) is 8.25. The van der Waals surface area contributed by atoms with Crippen molar-refractivity contribution in [2.45, 2.75) is 46.5 Å². The Morgan fingerprint density at radius 2 is 2.10 bits per heavy atom. The van der Waals surface area contributed by atoms with Crippen molar-refractivity contribution in [3.05, 3.63) is 30.1 Å². The molecule has 0 aliphatic heterocycles. The Kier molecular flexibility index (Phi) is 6.03. The molecule has 1 heterocycles. The van der Waals surface area contributed by atoms with Crippen LogP contribution >= 0.6 is 0 Å². The van der Waals surface area contributed by atoms with Gasteiger partial charge in [0.1, 0.15) is 0 Å². The van der Waals surface area contributed by atoms with Crippen LogP contribution in [0.15, 0.2) is 24.4 Å². The van der Waals surface area contributed by atoms with Gasteiger partial charge in [-0.2, -0.15) is 0 Å². The van der Waals surface area contributed by atoms with E-state index in [-0.39, 0.29) is 0 Å². The fourth-order valence-electron chi connectivity index (χ4n) is 3.43. The van der Waals surface area contributed by atoms with Crippen LogP contribution in [0.4, 0.5) is 0 Å². The topological polar surface area (TPSA) is 24.9 Å². The average molecular weight is 274 g/mol. The zero-order valence-corrected chi connectivity index (χ0v) is 13.3. The van der Waals surface area contributed by atoms with Gasteiger partial charge in [0.2, 0.25) is 0 Å². The molecule has 1 fully saturated rings. The summed E-state index contributed by atoms with van der Waals surface area (Å²) in [7, 11) is 0. The molecule has 112 valence electrons. The molecule has 0 saturated heterocycles. The fraction of sp³-hybridized carbons (Fsp3) is 0.722. The van der Waals surface area contributed by atoms with Gasteiger partial charge in [0.15, 0.2) is 0 Å². The van der Waals surface area contributed by atoms with Crippen molar-refractivity contribution in [3.63, 3.8) is 0 Å². The molecule has 1 aliphatic rings. The number of rotatable bonds is 6. The van der Waals surface area contributed by atoms with Crippen LogP contribution in [0.25, 0.3) is 0 Å². The van der Waals surface area contributed by atoms with Gasteiger partial charge in [-0.3, -0.25) is 4.98 Å². The minimum absolute atomic E-state index is 0.742. The molecule has 0 radical (unpaired) electrons. The molecular formula is C18H30N2. The molecule has 0 bridgehead atoms. The Morgan fingerprint density at radius 1 is 1.25 bits per heavy atom. The van der Waals surface area contributed by atoms with Gasteiger partial charge in [-0.05, 0) is 68.2 Å². The number of nitrogens with zero attached hydrogens (tertiary/aromatic N) is 1. The van der Waals surface area contributed by atoms with Crippen LogP contribution in [-0.4, -0.2) is 18.1 Å². The van der Waals surface area contributed by atoms with E-state index in [2.05, 4.69) is 43.2 Å². The summed E-state index contributed by atoms with van der Waals surface area (Å²) in [5.74, 6) is 3.25. The highest BCUT2D eigenvalue weighted by molar-refractivity contribution is 5.05. The fourth-order valence-corrected chi connectivity index (χ4v) is 3.43. The SMILES string of the molecule is CC(C)CNCC1CCC(C)CC1Cc1ccccn1. The van der Waals surface area contributed by atoms with Crippen LogP contribution in [0.3, 0.4) is 0 Å². The Balaban J connectivity index is 1.90. The molecule has 1 saturated carbocycles. The van der Waals surface area contributed by atoms with Gasteiger partial charge in [-0.15, -0.1) is 0 Å². The molecular weight excluding hydrogens is 244 g/mol. The molecule has 0 spiro atoms. The van der Waals surface area contributed by atoms with Crippen molar-refractivity contribution >= 4 is 0 Å². The van der Waals surface area contributed by atoms with Gasteiger partial charge in [0.25, 0.3) is 0 Å². The first-order chi connectivity index (χ1) is 9.65. The van der Waals surface area contributed by atoms with E-state index < -0.39 is 0 Å². The molecule has 3 unspecified atom stereocenters. The van der Waals surface area contributed by atoms with Gasteiger partial charge in [-0.25, -0.2) is 0 Å². The molecule has 1 aromatic heterocycles. The van der Waals surface area contributed by atoms with Crippen molar-refractivity contribution < 1.29 is 0 Å². The second kappa shape index (κ2) is 7.78. The van der Waals surface area contributed by atoms with Crippen LogP contribution in [0.1, 0.15) is 45.7 Å². The van der Waals surface area contributed by atoms with Crippen molar-refractivity contribution in [3.8, 4) is 0 Å². The second-order valence-electron chi connectivity index (χ2n) is 7.02. The van der Waals surface area contributed by atoms with E-state index in [0.29, 0.717) is 0 Å². The van der Waals surface area contributed by atoms with Gasteiger partial charge in [-0.1, -0.05) is 33.3 Å². The summed E-state index contributed by atoms with van der Waals surface area (Å²) >= 11 is 0. The van der Waals surface area contributed by atoms with Crippen LogP contribution < -0.4 is 5.32 Å². The molecule has 1 aliphatic carbocycles. The Morgan fingerprint density at radius 3 is 2.80 bits per heavy atom. The molecule has 2 rings (SSSR count). The largest absolute Gasteiger partial charge is 0.316 e. The number of aromatic nitrogens is 1. The molecule has 0 aromatic carbocycles. The molecule has 0 amide bonds. The lowest BCUT2D eigenvalue weighted by Crippen LogP contribution is -2.35. The Labute approximate surface area is 124 Å². The quantitative estimate of drug-likeness (QED) is 0.850. The normalized spacial score (nSPS) is 26.9. The minimum atomic E-state index is 0.742. The van der Waals surface area contributed by atoms with Gasteiger partial charge in [0, 0.05) is 11.9 Å². The van der Waals surface area contributed by atoms with E-state index >= 15 is 0 Å². The van der Waals surface area contributed by atoms with E-state index in [1.807, 2.05) is 12.3 Å². The van der Waals surface area contributed by atoms with Gasteiger partial charge < -0.3 is 5.32 Å². The lowest BCUT2D eigenvalue weighted by Gasteiger charge is -2.35. The van der Waals surface area contributed by atoms with Crippen molar-refractivity contribution in [1.82, 2.24) is 10.3 Å². The van der Waals surface area contributed by atoms with E-state index in [9.17, 15) is 0 Å². The highest BCUT2D eigenvalue weighted by Gasteiger charge is 2.28. The maximum atomic E-state index is 4.52. The minimum Gasteiger partial charge on any atom is -0.316 e. The number of hydrogen-bond donors (Lipinski definition) is 1. The van der Waals surface area contributed by atoms with Gasteiger partial charge in [0.05, 0.1) is 0 Å². The number of hydrogen-bond acceptors (Lipinski definition) is 2. The van der Waals surface area contributed by atoms with Crippen LogP contribution in [0.2, 0.25) is 0 Å². The van der Waals surface area contributed by atoms with E-state index in [1.54, 1.807) is 0 Å². The molecule has 1 N–H and O–H groups in total. The van der Waals surface area contributed by atoms with Crippen molar-refractivity contribution in [2.24, 2.45) is 23.7 Å². The monoisotopic (exact) mass is 274 g/mol. The number of pyridine rings is 1. The predicted molar refractivity (Wildman–Crippen MR) is 85.6 cm³/mol. The first kappa shape index (κ1) is 15.5. The zero-order valence-electron chi connectivity index (χ0n) is 13.3. The lowest BCUT2D eigenvalue weighted by atomic mass is 9.72. The lowest BCUT2D eigenvalue weighted by molar-refractivity contribution is 0.181. The van der Waals surface area contributed by atoms with Crippen LogP contribution in [0, 0.1) is 23.7 Å². The maximum Gasteiger partial charge on any atom is 0.0406 e. The molecule has 1 aromatic rings. The molecule has 2 heteroatoms. The summed E-state index contributed by atoms with van der Waals surface area (Å²) in [5.41, 5.74) is 1.26. The zero-order chi connectivity index (χ0) is 14.4. The van der Waals surface area contributed by atoms with E-state index in [1.165, 1.54) is 31.5 Å². The summed E-state index contributed by atoms with van der Waals surface area (Å²) in [6.45, 7) is 9.29. The summed E-state index contributed by atoms with van der Waals surface area (Å²) in [6, 6.07) is 6.30. The average Bonchev–Trinajstić information content (AvgIpc) is 2.42. The Bertz CT molecular complexity index is 374. The highest BCUT2D eigenvalue weighted by Crippen LogP contribution is 2.35. The van der Waals surface area contributed by atoms with E-state index in [4.69, 9.17) is 0 Å². The van der Waals surface area contributed by atoms with Crippen LogP contribution in [-0.2, 0) is 6.42 Å². The van der Waals surface area contributed by atoms with Crippen molar-refractivity contribution in [1.29, 1.82) is 0 Å². The summed E-state index contributed by atoms with van der Waals surface area (Å²) in [5, 5.41) is 3.66. The second-order valence-corrected chi connectivity index (χ2v) is 7.02. The first-order valence-corrected chi connectivity index (χ1v) is 8.25. The van der Waals surface area contributed by atoms with Crippen molar-refractivity contribution in [2.75, 3.05) is 13.1 Å². The summed E-state index contributed by atoms with van der Waals surface area (Å²) in [6.07, 6.45) is 7.22. The Hall–Kier alpha value is -0.890. The summed E-state index contributed by atoms with van der Waals surface area (Å²) < 4.78 is 0. The smallest absolute Gasteiger partial charge is 0.0406 e.